The maximum atomic E-state index is 11.2. The minimum Gasteiger partial charge on any atom is -0.465 e. The molecule has 0 aliphatic heterocycles. The second kappa shape index (κ2) is 4.68. The fourth-order valence-corrected chi connectivity index (χ4v) is 1.80. The van der Waals surface area contributed by atoms with Gasteiger partial charge in [-0.2, -0.15) is 0 Å². The van der Waals surface area contributed by atoms with Gasteiger partial charge in [-0.15, -0.1) is 0 Å². The van der Waals surface area contributed by atoms with Gasteiger partial charge >= 0.3 is 5.97 Å². The maximum absolute atomic E-state index is 11.2. The zero-order valence-corrected chi connectivity index (χ0v) is 9.59. The molecule has 0 aliphatic rings. The summed E-state index contributed by atoms with van der Waals surface area (Å²) in [6.45, 7) is 0. The van der Waals surface area contributed by atoms with Crippen LogP contribution in [0.2, 0.25) is 0 Å². The van der Waals surface area contributed by atoms with Gasteiger partial charge in [0.2, 0.25) is 0 Å². The van der Waals surface area contributed by atoms with E-state index in [0.29, 0.717) is 4.47 Å². The topological polar surface area (TPSA) is 63.6 Å². The maximum Gasteiger partial charge on any atom is 0.339 e. The molecule has 76 valence electrons. The predicted molar refractivity (Wildman–Crippen MR) is 54.5 cm³/mol. The fourth-order valence-electron chi connectivity index (χ4n) is 0.924. The molecule has 1 rings (SSSR count). The van der Waals surface area contributed by atoms with Crippen LogP contribution in [0, 0.1) is 0 Å². The molecule has 1 N–H and O–H groups in total. The molecule has 14 heavy (non-hydrogen) atoms. The van der Waals surface area contributed by atoms with Gasteiger partial charge in [-0.1, -0.05) is 15.9 Å². The molecule has 1 aromatic rings. The monoisotopic (exact) mass is 278 g/mol. The van der Waals surface area contributed by atoms with Gasteiger partial charge in [0.05, 0.1) is 17.6 Å². The molecule has 0 saturated carbocycles. The fraction of sp³-hybridized carbons (Fsp3) is 0.125. The first-order chi connectivity index (χ1) is 6.56. The standard InChI is InChI=1S/C8H7BrO4S/c1-13-8(10)6-4-5(9)2-3-7(6)14(11)12/h2-4H,1H3,(H,11,12). The number of hydrogen-bond acceptors (Lipinski definition) is 3. The number of carbonyl (C=O) groups is 1. The van der Waals surface area contributed by atoms with Crippen LogP contribution in [0.5, 0.6) is 0 Å². The van der Waals surface area contributed by atoms with Crippen LogP contribution in [-0.4, -0.2) is 21.8 Å². The highest BCUT2D eigenvalue weighted by molar-refractivity contribution is 9.10. The first kappa shape index (κ1) is 11.4. The van der Waals surface area contributed by atoms with Gasteiger partial charge in [0.1, 0.15) is 0 Å². The Labute approximate surface area is 91.7 Å². The lowest BCUT2D eigenvalue weighted by Crippen LogP contribution is -2.06. The predicted octanol–water partition coefficient (Wildman–Crippen LogP) is 1.82. The highest BCUT2D eigenvalue weighted by atomic mass is 79.9. The summed E-state index contributed by atoms with van der Waals surface area (Å²) in [4.78, 5) is 11.2. The zero-order valence-electron chi connectivity index (χ0n) is 7.19. The molecular weight excluding hydrogens is 272 g/mol. The van der Waals surface area contributed by atoms with Crippen molar-refractivity contribution < 1.29 is 18.3 Å². The Kier molecular flexibility index (Phi) is 3.79. The third-order valence-electron chi connectivity index (χ3n) is 1.54. The number of benzene rings is 1. The Morgan fingerprint density at radius 2 is 2.21 bits per heavy atom. The first-order valence-electron chi connectivity index (χ1n) is 3.55. The van der Waals surface area contributed by atoms with Crippen molar-refractivity contribution in [2.45, 2.75) is 4.90 Å². The van der Waals surface area contributed by atoms with Gasteiger partial charge in [-0.05, 0) is 18.2 Å². The largest absolute Gasteiger partial charge is 0.465 e. The van der Waals surface area contributed by atoms with Crippen LogP contribution >= 0.6 is 15.9 Å². The van der Waals surface area contributed by atoms with Crippen molar-refractivity contribution in [3.63, 3.8) is 0 Å². The molecule has 0 fully saturated rings. The van der Waals surface area contributed by atoms with Crippen molar-refractivity contribution in [2.75, 3.05) is 7.11 Å². The van der Waals surface area contributed by atoms with Crippen molar-refractivity contribution in [3.05, 3.63) is 28.2 Å². The summed E-state index contributed by atoms with van der Waals surface area (Å²) in [7, 11) is 1.22. The quantitative estimate of drug-likeness (QED) is 0.662. The molecule has 6 heteroatoms. The molecule has 0 spiro atoms. The van der Waals surface area contributed by atoms with Crippen molar-refractivity contribution in [1.29, 1.82) is 0 Å². The van der Waals surface area contributed by atoms with E-state index in [9.17, 15) is 9.00 Å². The minimum absolute atomic E-state index is 0.0417. The highest BCUT2D eigenvalue weighted by Crippen LogP contribution is 2.19. The lowest BCUT2D eigenvalue weighted by atomic mass is 10.2. The van der Waals surface area contributed by atoms with E-state index in [1.165, 1.54) is 19.2 Å². The van der Waals surface area contributed by atoms with Crippen LogP contribution < -0.4 is 0 Å². The Hall–Kier alpha value is -0.720. The second-order valence-corrected chi connectivity index (χ2v) is 4.24. The van der Waals surface area contributed by atoms with Crippen LogP contribution in [-0.2, 0) is 15.8 Å². The number of rotatable bonds is 2. The summed E-state index contributed by atoms with van der Waals surface area (Å²) >= 11 is 0.962. The van der Waals surface area contributed by atoms with Crippen LogP contribution in [0.3, 0.4) is 0 Å². The van der Waals surface area contributed by atoms with E-state index in [-0.39, 0.29) is 10.5 Å². The molecule has 1 aromatic carbocycles. The SMILES string of the molecule is COC(=O)c1cc(Br)ccc1S(=O)O. The first-order valence-corrected chi connectivity index (χ1v) is 5.45. The van der Waals surface area contributed by atoms with Gasteiger partial charge in [0, 0.05) is 4.47 Å². The number of methoxy groups -OCH3 is 1. The van der Waals surface area contributed by atoms with Crippen molar-refractivity contribution in [3.8, 4) is 0 Å². The van der Waals surface area contributed by atoms with Gasteiger partial charge in [-0.3, -0.25) is 0 Å². The summed E-state index contributed by atoms with van der Waals surface area (Å²) in [6, 6.07) is 4.41. The summed E-state index contributed by atoms with van der Waals surface area (Å²) < 4.78 is 24.9. The Bertz CT molecular complexity index is 391. The van der Waals surface area contributed by atoms with Gasteiger partial charge in [-0.25, -0.2) is 9.00 Å². The van der Waals surface area contributed by atoms with Gasteiger partial charge in [0.25, 0.3) is 0 Å². The van der Waals surface area contributed by atoms with Crippen molar-refractivity contribution in [1.82, 2.24) is 0 Å². The average molecular weight is 279 g/mol. The van der Waals surface area contributed by atoms with Crippen LogP contribution in [0.4, 0.5) is 0 Å². The van der Waals surface area contributed by atoms with Crippen LogP contribution in [0.25, 0.3) is 0 Å². The molecule has 0 saturated heterocycles. The lowest BCUT2D eigenvalue weighted by molar-refractivity contribution is 0.0596. The zero-order chi connectivity index (χ0) is 10.7. The van der Waals surface area contributed by atoms with E-state index in [2.05, 4.69) is 20.7 Å². The molecule has 0 bridgehead atoms. The summed E-state index contributed by atoms with van der Waals surface area (Å²) in [5.74, 6) is -0.635. The molecule has 0 aliphatic carbocycles. The molecule has 0 amide bonds. The number of ether oxygens (including phenoxy) is 1. The van der Waals surface area contributed by atoms with Crippen LogP contribution in [0.1, 0.15) is 10.4 Å². The highest BCUT2D eigenvalue weighted by Gasteiger charge is 2.15. The molecule has 0 radical (unpaired) electrons. The third kappa shape index (κ3) is 2.40. The molecule has 1 atom stereocenters. The molecule has 0 heterocycles. The van der Waals surface area contributed by atoms with Crippen molar-refractivity contribution in [2.24, 2.45) is 0 Å². The minimum atomic E-state index is -2.19. The van der Waals surface area contributed by atoms with E-state index in [4.69, 9.17) is 4.55 Å². The lowest BCUT2D eigenvalue weighted by Gasteiger charge is -2.04. The Morgan fingerprint density at radius 1 is 1.57 bits per heavy atom. The number of hydrogen-bond donors (Lipinski definition) is 1. The second-order valence-electron chi connectivity index (χ2n) is 2.38. The van der Waals surface area contributed by atoms with E-state index in [0.717, 1.165) is 0 Å². The van der Waals surface area contributed by atoms with Gasteiger partial charge < -0.3 is 9.29 Å². The van der Waals surface area contributed by atoms with Crippen LogP contribution in [0.15, 0.2) is 27.6 Å². The Morgan fingerprint density at radius 3 is 2.71 bits per heavy atom. The summed E-state index contributed by atoms with van der Waals surface area (Å²) in [5, 5.41) is 0. The summed E-state index contributed by atoms with van der Waals surface area (Å²) in [6.07, 6.45) is 0. The van der Waals surface area contributed by atoms with E-state index in [1.807, 2.05) is 0 Å². The third-order valence-corrected chi connectivity index (χ3v) is 2.76. The number of carbonyl (C=O) groups excluding carboxylic acids is 1. The molecule has 0 aromatic heterocycles. The van der Waals surface area contributed by atoms with Gasteiger partial charge in [0.15, 0.2) is 11.1 Å². The number of esters is 1. The molecular formula is C8H7BrO4S. The normalized spacial score (nSPS) is 12.2. The number of halogens is 1. The average Bonchev–Trinajstić information content (AvgIpc) is 2.16. The smallest absolute Gasteiger partial charge is 0.339 e. The summed E-state index contributed by atoms with van der Waals surface area (Å²) in [5.41, 5.74) is 0.0858. The van der Waals surface area contributed by atoms with E-state index >= 15 is 0 Å². The van der Waals surface area contributed by atoms with E-state index in [1.54, 1.807) is 6.07 Å². The van der Waals surface area contributed by atoms with Crippen molar-refractivity contribution >= 4 is 33.0 Å². The van der Waals surface area contributed by atoms with E-state index < -0.39 is 17.0 Å². The Balaban J connectivity index is 3.29. The molecule has 1 unspecified atom stereocenters. The molecule has 4 nitrogen and oxygen atoms in total.